The lowest BCUT2D eigenvalue weighted by Gasteiger charge is -2.34. The largest absolute Gasteiger partial charge is 0.341 e. The van der Waals surface area contributed by atoms with E-state index in [0.29, 0.717) is 27.7 Å². The molecule has 0 radical (unpaired) electrons. The van der Waals surface area contributed by atoms with Crippen LogP contribution in [0.15, 0.2) is 64.8 Å². The number of piperidine rings is 1. The van der Waals surface area contributed by atoms with Crippen LogP contribution in [-0.4, -0.2) is 28.5 Å². The third-order valence-electron chi connectivity index (χ3n) is 5.91. The van der Waals surface area contributed by atoms with Gasteiger partial charge in [-0.15, -0.1) is 11.3 Å². The Morgan fingerprint density at radius 2 is 2.00 bits per heavy atom. The number of carbonyl (C=O) groups excluding carboxylic acids is 1. The molecule has 1 atom stereocenters. The zero-order valence-corrected chi connectivity index (χ0v) is 19.7. The Kier molecular flexibility index (Phi) is 5.91. The summed E-state index contributed by atoms with van der Waals surface area (Å²) in [5, 5.41) is 5.51. The Labute approximate surface area is 200 Å². The molecule has 8 heteroatoms. The topological polar surface area (TPSA) is 67.2 Å². The van der Waals surface area contributed by atoms with E-state index < -0.39 is 0 Å². The van der Waals surface area contributed by atoms with Crippen molar-refractivity contribution in [1.29, 1.82) is 0 Å². The Morgan fingerprint density at radius 3 is 2.79 bits per heavy atom. The number of carbonyl (C=O) groups is 1. The maximum Gasteiger partial charge on any atom is 0.277 e. The molecule has 4 aromatic rings. The molecule has 1 aliphatic heterocycles. The van der Waals surface area contributed by atoms with Crippen LogP contribution >= 0.6 is 22.9 Å². The number of rotatable bonds is 4. The first-order valence-electron chi connectivity index (χ1n) is 10.9. The zero-order chi connectivity index (χ0) is 22.9. The number of amides is 1. The lowest BCUT2D eigenvalue weighted by Crippen LogP contribution is -2.43. The van der Waals surface area contributed by atoms with Gasteiger partial charge in [0.05, 0.1) is 17.1 Å². The van der Waals surface area contributed by atoms with Crippen molar-refractivity contribution in [2.75, 3.05) is 23.3 Å². The fourth-order valence-electron chi connectivity index (χ4n) is 4.26. The van der Waals surface area contributed by atoms with Gasteiger partial charge in [0.15, 0.2) is 0 Å². The maximum atomic E-state index is 13.5. The summed E-state index contributed by atoms with van der Waals surface area (Å²) in [6.07, 6.45) is 1.62. The fourth-order valence-corrected chi connectivity index (χ4v) is 5.15. The van der Waals surface area contributed by atoms with Gasteiger partial charge in [-0.3, -0.25) is 9.59 Å². The van der Waals surface area contributed by atoms with E-state index in [2.05, 4.69) is 10.2 Å². The number of nitrogens with one attached hydrogen (secondary N) is 1. The molecule has 1 amide bonds. The van der Waals surface area contributed by atoms with Crippen LogP contribution < -0.4 is 15.8 Å². The maximum absolute atomic E-state index is 13.5. The van der Waals surface area contributed by atoms with Gasteiger partial charge in [-0.05, 0) is 73.2 Å². The number of thiophene rings is 1. The average Bonchev–Trinajstić information content (AvgIpc) is 3.30. The van der Waals surface area contributed by atoms with Crippen LogP contribution in [0.4, 0.5) is 11.6 Å². The van der Waals surface area contributed by atoms with Crippen LogP contribution in [0.2, 0.25) is 5.02 Å². The summed E-state index contributed by atoms with van der Waals surface area (Å²) in [5.41, 5.74) is 3.18. The molecule has 0 unspecified atom stereocenters. The second kappa shape index (κ2) is 9.00. The summed E-state index contributed by atoms with van der Waals surface area (Å²) < 4.78 is 2.32. The van der Waals surface area contributed by atoms with Crippen molar-refractivity contribution >= 4 is 50.7 Å². The third-order valence-corrected chi connectivity index (χ3v) is 7.05. The van der Waals surface area contributed by atoms with Crippen molar-refractivity contribution in [3.63, 3.8) is 0 Å². The predicted octanol–water partition coefficient (Wildman–Crippen LogP) is 5.26. The molecular formula is C25H23ClN4O2S. The Hall–Kier alpha value is -3.16. The van der Waals surface area contributed by atoms with E-state index in [1.165, 1.54) is 11.3 Å². The van der Waals surface area contributed by atoms with Gasteiger partial charge in [-0.25, -0.2) is 9.55 Å². The Bertz CT molecular complexity index is 1380. The van der Waals surface area contributed by atoms with Gasteiger partial charge in [0.2, 0.25) is 11.9 Å². The van der Waals surface area contributed by atoms with Crippen molar-refractivity contribution in [1.82, 2.24) is 9.55 Å². The molecule has 1 N–H and O–H groups in total. The Morgan fingerprint density at radius 1 is 1.18 bits per heavy atom. The van der Waals surface area contributed by atoms with E-state index in [9.17, 15) is 9.59 Å². The first-order chi connectivity index (χ1) is 16.0. The first-order valence-corrected chi connectivity index (χ1v) is 12.1. The van der Waals surface area contributed by atoms with Crippen LogP contribution in [0.3, 0.4) is 0 Å². The van der Waals surface area contributed by atoms with Crippen molar-refractivity contribution in [2.24, 2.45) is 5.92 Å². The minimum absolute atomic E-state index is 0.0388. The van der Waals surface area contributed by atoms with Gasteiger partial charge in [-0.2, -0.15) is 0 Å². The van der Waals surface area contributed by atoms with E-state index in [0.717, 1.165) is 36.3 Å². The molecule has 1 saturated heterocycles. The van der Waals surface area contributed by atoms with Crippen LogP contribution in [-0.2, 0) is 4.79 Å². The van der Waals surface area contributed by atoms with Crippen LogP contribution in [0.5, 0.6) is 0 Å². The number of hydrogen-bond donors (Lipinski definition) is 1. The van der Waals surface area contributed by atoms with E-state index in [4.69, 9.17) is 16.6 Å². The molecule has 5 rings (SSSR count). The molecule has 0 bridgehead atoms. The highest BCUT2D eigenvalue weighted by Gasteiger charge is 2.29. The van der Waals surface area contributed by atoms with Gasteiger partial charge in [0, 0.05) is 23.8 Å². The quantitative estimate of drug-likeness (QED) is 0.434. The smallest absolute Gasteiger partial charge is 0.277 e. The minimum Gasteiger partial charge on any atom is -0.341 e. The molecule has 0 spiro atoms. The van der Waals surface area contributed by atoms with Gasteiger partial charge in [-0.1, -0.05) is 23.7 Å². The normalized spacial score (nSPS) is 16.2. The second-order valence-electron chi connectivity index (χ2n) is 8.31. The van der Waals surface area contributed by atoms with Crippen molar-refractivity contribution in [2.45, 2.75) is 19.8 Å². The summed E-state index contributed by atoms with van der Waals surface area (Å²) in [6, 6.07) is 16.8. The average molecular weight is 479 g/mol. The van der Waals surface area contributed by atoms with E-state index in [1.54, 1.807) is 28.8 Å². The molecule has 0 aliphatic carbocycles. The standard InChI is InChI=1S/C25H23ClN4O2S/c1-16-4-2-6-20(14-16)30-24(32)22-21(11-13-33-22)28-25(30)29-12-3-5-17(15-29)23(31)27-19-9-7-18(26)8-10-19/h2,4,6-11,13-14,17H,3,5,12,15H2,1H3,(H,27,31)/t17-/m0/s1. The third kappa shape index (κ3) is 4.38. The molecule has 33 heavy (non-hydrogen) atoms. The van der Waals surface area contributed by atoms with Crippen LogP contribution in [0.25, 0.3) is 15.9 Å². The SMILES string of the molecule is Cc1cccc(-n2c(N3CCC[C@H](C(=O)Nc4ccc(Cl)cc4)C3)nc3ccsc3c2=O)c1. The van der Waals surface area contributed by atoms with Crippen molar-refractivity contribution < 1.29 is 4.79 Å². The molecule has 2 aromatic heterocycles. The molecule has 6 nitrogen and oxygen atoms in total. The number of anilines is 2. The second-order valence-corrected chi connectivity index (χ2v) is 9.66. The highest BCUT2D eigenvalue weighted by molar-refractivity contribution is 7.17. The summed E-state index contributed by atoms with van der Waals surface area (Å²) in [4.78, 5) is 33.4. The van der Waals surface area contributed by atoms with Crippen molar-refractivity contribution in [3.05, 3.63) is 80.9 Å². The highest BCUT2D eigenvalue weighted by atomic mass is 35.5. The summed E-state index contributed by atoms with van der Waals surface area (Å²) in [5.74, 6) is 0.332. The molecular weight excluding hydrogens is 456 g/mol. The van der Waals surface area contributed by atoms with E-state index >= 15 is 0 Å². The molecule has 0 saturated carbocycles. The predicted molar refractivity (Wildman–Crippen MR) is 135 cm³/mol. The van der Waals surface area contributed by atoms with Gasteiger partial charge in [0.25, 0.3) is 5.56 Å². The summed E-state index contributed by atoms with van der Waals surface area (Å²) in [6.45, 7) is 3.23. The van der Waals surface area contributed by atoms with Gasteiger partial charge in [0.1, 0.15) is 4.70 Å². The number of hydrogen-bond acceptors (Lipinski definition) is 5. The molecule has 3 heterocycles. The molecule has 168 valence electrons. The lowest BCUT2D eigenvalue weighted by atomic mass is 9.97. The van der Waals surface area contributed by atoms with E-state index in [-0.39, 0.29) is 17.4 Å². The van der Waals surface area contributed by atoms with Crippen LogP contribution in [0.1, 0.15) is 18.4 Å². The fraction of sp³-hybridized carbons (Fsp3) is 0.240. The van der Waals surface area contributed by atoms with E-state index in [1.807, 2.05) is 42.6 Å². The van der Waals surface area contributed by atoms with Crippen LogP contribution in [0, 0.1) is 12.8 Å². The summed E-state index contributed by atoms with van der Waals surface area (Å²) in [7, 11) is 0. The number of benzene rings is 2. The van der Waals surface area contributed by atoms with Gasteiger partial charge < -0.3 is 10.2 Å². The highest BCUT2D eigenvalue weighted by Crippen LogP contribution is 2.27. The Balaban J connectivity index is 1.49. The summed E-state index contributed by atoms with van der Waals surface area (Å²) >= 11 is 7.35. The number of aryl methyl sites for hydroxylation is 1. The lowest BCUT2D eigenvalue weighted by molar-refractivity contribution is -0.120. The number of aromatic nitrogens is 2. The molecule has 1 aliphatic rings. The number of fused-ring (bicyclic) bond motifs is 1. The monoisotopic (exact) mass is 478 g/mol. The number of nitrogens with zero attached hydrogens (tertiary/aromatic N) is 3. The van der Waals surface area contributed by atoms with Gasteiger partial charge >= 0.3 is 0 Å². The molecule has 2 aromatic carbocycles. The number of halogens is 1. The molecule has 1 fully saturated rings. The zero-order valence-electron chi connectivity index (χ0n) is 18.1. The van der Waals surface area contributed by atoms with Crippen molar-refractivity contribution in [3.8, 4) is 5.69 Å². The minimum atomic E-state index is -0.213. The first kappa shape index (κ1) is 21.7.